The second kappa shape index (κ2) is 6.72. The van der Waals surface area contributed by atoms with Crippen LogP contribution in [-0.2, 0) is 0 Å². The summed E-state index contributed by atoms with van der Waals surface area (Å²) in [5, 5.41) is 3.52. The van der Waals surface area contributed by atoms with Gasteiger partial charge in [0.15, 0.2) is 0 Å². The van der Waals surface area contributed by atoms with Gasteiger partial charge in [-0.05, 0) is 84.8 Å². The number of likely N-dealkylation sites (tertiary alicyclic amines) is 1. The zero-order valence-corrected chi connectivity index (χ0v) is 11.6. The maximum atomic E-state index is 3.52. The largest absolute Gasteiger partial charge is 0.316 e. The molecule has 0 aliphatic carbocycles. The Balaban J connectivity index is 1.64. The van der Waals surface area contributed by atoms with Gasteiger partial charge in [0.05, 0.1) is 0 Å². The molecule has 2 aliphatic rings. The van der Waals surface area contributed by atoms with Crippen molar-refractivity contribution >= 4 is 0 Å². The van der Waals surface area contributed by atoms with Crippen LogP contribution in [0.1, 0.15) is 32.1 Å². The first kappa shape index (κ1) is 13.3. The summed E-state index contributed by atoms with van der Waals surface area (Å²) >= 11 is 0. The van der Waals surface area contributed by atoms with E-state index in [1.54, 1.807) is 0 Å². The van der Waals surface area contributed by atoms with Crippen molar-refractivity contribution in [1.29, 1.82) is 0 Å². The fraction of sp³-hybridized carbons (Fsp3) is 1.00. The fourth-order valence-electron chi connectivity index (χ4n) is 3.17. The van der Waals surface area contributed by atoms with Crippen molar-refractivity contribution in [2.24, 2.45) is 5.92 Å². The molecule has 100 valence electrons. The Hall–Kier alpha value is -0.120. The zero-order valence-electron chi connectivity index (χ0n) is 11.6. The molecule has 0 radical (unpaired) electrons. The maximum Gasteiger partial charge on any atom is 0.0117 e. The lowest BCUT2D eigenvalue weighted by Gasteiger charge is -2.36. The second-order valence-corrected chi connectivity index (χ2v) is 6.02. The third-order valence-electron chi connectivity index (χ3n) is 4.60. The lowest BCUT2D eigenvalue weighted by atomic mass is 9.95. The molecule has 1 atom stereocenters. The van der Waals surface area contributed by atoms with Crippen molar-refractivity contribution < 1.29 is 0 Å². The summed E-state index contributed by atoms with van der Waals surface area (Å²) in [6.45, 7) is 6.34. The first-order chi connectivity index (χ1) is 8.25. The Morgan fingerprint density at radius 2 is 2.00 bits per heavy atom. The van der Waals surface area contributed by atoms with Crippen LogP contribution in [0.2, 0.25) is 0 Å². The minimum atomic E-state index is 0.836. The Bertz CT molecular complexity index is 206. The van der Waals surface area contributed by atoms with Gasteiger partial charge in [-0.1, -0.05) is 0 Å². The molecule has 3 heteroatoms. The van der Waals surface area contributed by atoms with Crippen LogP contribution in [0.3, 0.4) is 0 Å². The van der Waals surface area contributed by atoms with Crippen LogP contribution in [0.25, 0.3) is 0 Å². The quantitative estimate of drug-likeness (QED) is 0.800. The summed E-state index contributed by atoms with van der Waals surface area (Å²) in [6, 6.07) is 0.836. The molecular weight excluding hydrogens is 210 g/mol. The topological polar surface area (TPSA) is 18.5 Å². The molecule has 1 N–H and O–H groups in total. The first-order valence-electron chi connectivity index (χ1n) is 7.35. The summed E-state index contributed by atoms with van der Waals surface area (Å²) < 4.78 is 0. The molecule has 0 amide bonds. The number of nitrogens with one attached hydrogen (secondary N) is 1. The monoisotopic (exact) mass is 239 g/mol. The summed E-state index contributed by atoms with van der Waals surface area (Å²) in [5.74, 6) is 0.928. The van der Waals surface area contributed by atoms with Crippen molar-refractivity contribution in [3.8, 4) is 0 Å². The molecule has 2 heterocycles. The molecule has 0 aromatic carbocycles. The Morgan fingerprint density at radius 1 is 1.24 bits per heavy atom. The summed E-state index contributed by atoms with van der Waals surface area (Å²) in [6.07, 6.45) is 6.92. The van der Waals surface area contributed by atoms with E-state index < -0.39 is 0 Å². The van der Waals surface area contributed by atoms with Crippen molar-refractivity contribution in [3.05, 3.63) is 0 Å². The highest BCUT2D eigenvalue weighted by molar-refractivity contribution is 4.78. The third-order valence-corrected chi connectivity index (χ3v) is 4.60. The maximum absolute atomic E-state index is 3.52. The van der Waals surface area contributed by atoms with Gasteiger partial charge in [-0.25, -0.2) is 0 Å². The van der Waals surface area contributed by atoms with Crippen LogP contribution in [-0.4, -0.2) is 62.7 Å². The number of hydrogen-bond donors (Lipinski definition) is 1. The lowest BCUT2D eigenvalue weighted by Crippen LogP contribution is -2.43. The van der Waals surface area contributed by atoms with E-state index in [2.05, 4.69) is 29.2 Å². The van der Waals surface area contributed by atoms with E-state index in [1.165, 1.54) is 64.8 Å². The van der Waals surface area contributed by atoms with Gasteiger partial charge in [0.25, 0.3) is 0 Å². The van der Waals surface area contributed by atoms with Gasteiger partial charge in [-0.2, -0.15) is 0 Å². The summed E-state index contributed by atoms with van der Waals surface area (Å²) in [7, 11) is 4.57. The van der Waals surface area contributed by atoms with E-state index in [1.807, 2.05) is 0 Å². The van der Waals surface area contributed by atoms with Gasteiger partial charge >= 0.3 is 0 Å². The van der Waals surface area contributed by atoms with Crippen molar-refractivity contribution in [2.45, 2.75) is 38.1 Å². The molecule has 17 heavy (non-hydrogen) atoms. The number of hydrogen-bond acceptors (Lipinski definition) is 3. The van der Waals surface area contributed by atoms with Crippen molar-refractivity contribution in [1.82, 2.24) is 15.1 Å². The van der Waals surface area contributed by atoms with E-state index in [0.717, 1.165) is 12.0 Å². The first-order valence-corrected chi connectivity index (χ1v) is 7.35. The van der Waals surface area contributed by atoms with E-state index >= 15 is 0 Å². The van der Waals surface area contributed by atoms with Crippen molar-refractivity contribution in [2.75, 3.05) is 46.8 Å². The molecule has 0 saturated carbocycles. The number of nitrogens with zero attached hydrogens (tertiary/aromatic N) is 2. The van der Waals surface area contributed by atoms with Crippen LogP contribution in [0, 0.1) is 5.92 Å². The lowest BCUT2D eigenvalue weighted by molar-refractivity contribution is 0.136. The van der Waals surface area contributed by atoms with E-state index in [-0.39, 0.29) is 0 Å². The number of rotatable bonds is 4. The Morgan fingerprint density at radius 3 is 2.65 bits per heavy atom. The standard InChI is InChI=1S/C14H29N3/c1-16-9-6-14(7-10-16)17(2)11-5-13-4-3-8-15-12-13/h13-15H,3-12H2,1-2H3. The molecule has 0 aromatic rings. The summed E-state index contributed by atoms with van der Waals surface area (Å²) in [4.78, 5) is 5.07. The Kier molecular flexibility index (Phi) is 5.26. The molecule has 0 bridgehead atoms. The number of piperidine rings is 2. The second-order valence-electron chi connectivity index (χ2n) is 6.02. The molecule has 0 aromatic heterocycles. The van der Waals surface area contributed by atoms with Crippen molar-refractivity contribution in [3.63, 3.8) is 0 Å². The third kappa shape index (κ3) is 4.23. The fourth-order valence-corrected chi connectivity index (χ4v) is 3.17. The van der Waals surface area contributed by atoms with E-state index in [0.29, 0.717) is 0 Å². The average molecular weight is 239 g/mol. The van der Waals surface area contributed by atoms with E-state index in [9.17, 15) is 0 Å². The van der Waals surface area contributed by atoms with Gasteiger partial charge in [0, 0.05) is 6.04 Å². The minimum Gasteiger partial charge on any atom is -0.316 e. The molecule has 0 spiro atoms. The zero-order chi connectivity index (χ0) is 12.1. The van der Waals surface area contributed by atoms with Crippen LogP contribution in [0.15, 0.2) is 0 Å². The molecule has 2 fully saturated rings. The van der Waals surface area contributed by atoms with Gasteiger partial charge < -0.3 is 15.1 Å². The molecule has 2 aliphatic heterocycles. The van der Waals surface area contributed by atoms with Gasteiger partial charge in [-0.15, -0.1) is 0 Å². The average Bonchev–Trinajstić information content (AvgIpc) is 2.38. The molecule has 1 unspecified atom stereocenters. The highest BCUT2D eigenvalue weighted by Gasteiger charge is 2.21. The SMILES string of the molecule is CN1CCC(N(C)CCC2CCCNC2)CC1. The minimum absolute atomic E-state index is 0.836. The van der Waals surface area contributed by atoms with Crippen LogP contribution < -0.4 is 5.32 Å². The van der Waals surface area contributed by atoms with Crippen LogP contribution >= 0.6 is 0 Å². The highest BCUT2D eigenvalue weighted by Crippen LogP contribution is 2.18. The van der Waals surface area contributed by atoms with Gasteiger partial charge in [-0.3, -0.25) is 0 Å². The van der Waals surface area contributed by atoms with Gasteiger partial charge in [0.1, 0.15) is 0 Å². The highest BCUT2D eigenvalue weighted by atomic mass is 15.2. The smallest absolute Gasteiger partial charge is 0.0117 e. The predicted octanol–water partition coefficient (Wildman–Crippen LogP) is 1.40. The molecule has 2 saturated heterocycles. The van der Waals surface area contributed by atoms with Gasteiger partial charge in [0.2, 0.25) is 0 Å². The normalized spacial score (nSPS) is 28.8. The summed E-state index contributed by atoms with van der Waals surface area (Å²) in [5.41, 5.74) is 0. The molecule has 3 nitrogen and oxygen atoms in total. The Labute approximate surface area is 107 Å². The molecule has 2 rings (SSSR count). The van der Waals surface area contributed by atoms with Crippen LogP contribution in [0.5, 0.6) is 0 Å². The van der Waals surface area contributed by atoms with Crippen LogP contribution in [0.4, 0.5) is 0 Å². The predicted molar refractivity (Wildman–Crippen MR) is 73.4 cm³/mol. The molecular formula is C14H29N3. The van der Waals surface area contributed by atoms with E-state index in [4.69, 9.17) is 0 Å².